The van der Waals surface area contributed by atoms with Gasteiger partial charge in [0.25, 0.3) is 0 Å². The molecule has 0 bridgehead atoms. The molecule has 0 aliphatic carbocycles. The second kappa shape index (κ2) is 5.30. The summed E-state index contributed by atoms with van der Waals surface area (Å²) in [6.45, 7) is 1.60. The van der Waals surface area contributed by atoms with Crippen LogP contribution < -0.4 is 4.74 Å². The summed E-state index contributed by atoms with van der Waals surface area (Å²) in [7, 11) is 1.43. The number of carbonyl (C=O) groups is 1. The molecular weight excluding hydrogens is 279 g/mol. The third-order valence-corrected chi connectivity index (χ3v) is 2.88. The lowest BCUT2D eigenvalue weighted by Crippen LogP contribution is -2.13. The largest absolute Gasteiger partial charge is 0.496 e. The van der Waals surface area contributed by atoms with Crippen molar-refractivity contribution in [1.82, 2.24) is 0 Å². The van der Waals surface area contributed by atoms with E-state index in [1.165, 1.54) is 13.2 Å². The molecule has 88 valence electrons. The fourth-order valence-electron chi connectivity index (χ4n) is 1.34. The van der Waals surface area contributed by atoms with Gasteiger partial charge in [-0.05, 0) is 34.0 Å². The Morgan fingerprint density at radius 1 is 1.62 bits per heavy atom. The monoisotopic (exact) mass is 290 g/mol. The van der Waals surface area contributed by atoms with Crippen LogP contribution in [-0.2, 0) is 11.2 Å². The molecule has 0 fully saturated rings. The van der Waals surface area contributed by atoms with Crippen molar-refractivity contribution < 1.29 is 19.0 Å². The Bertz CT molecular complexity index is 406. The normalized spacial score (nSPS) is 12.2. The number of ether oxygens (including phenoxy) is 1. The van der Waals surface area contributed by atoms with Gasteiger partial charge in [-0.25, -0.2) is 4.39 Å². The summed E-state index contributed by atoms with van der Waals surface area (Å²) in [5.74, 6) is -1.48. The van der Waals surface area contributed by atoms with E-state index >= 15 is 0 Å². The lowest BCUT2D eigenvalue weighted by Gasteiger charge is -2.12. The molecule has 1 atom stereocenters. The van der Waals surface area contributed by atoms with Crippen LogP contribution in [0.2, 0.25) is 0 Å². The summed E-state index contributed by atoms with van der Waals surface area (Å²) in [5.41, 5.74) is 0.672. The summed E-state index contributed by atoms with van der Waals surface area (Å²) < 4.78 is 18.5. The Morgan fingerprint density at radius 3 is 2.75 bits per heavy atom. The summed E-state index contributed by atoms with van der Waals surface area (Å²) in [6, 6.07) is 2.79. The fraction of sp³-hybridized carbons (Fsp3) is 0.364. The van der Waals surface area contributed by atoms with Crippen molar-refractivity contribution in [3.63, 3.8) is 0 Å². The van der Waals surface area contributed by atoms with E-state index in [9.17, 15) is 9.18 Å². The van der Waals surface area contributed by atoms with Gasteiger partial charge >= 0.3 is 5.97 Å². The van der Waals surface area contributed by atoms with Crippen LogP contribution in [0.1, 0.15) is 12.5 Å². The molecule has 0 saturated carbocycles. The first-order chi connectivity index (χ1) is 7.45. The SMILES string of the molecule is COc1cc(F)c(Br)cc1CC(C)C(=O)O. The summed E-state index contributed by atoms with van der Waals surface area (Å²) in [6.07, 6.45) is 0.303. The predicted molar refractivity (Wildman–Crippen MR) is 61.2 cm³/mol. The number of methoxy groups -OCH3 is 1. The highest BCUT2D eigenvalue weighted by Gasteiger charge is 2.16. The average Bonchev–Trinajstić information content (AvgIpc) is 2.22. The van der Waals surface area contributed by atoms with Gasteiger partial charge in [-0.1, -0.05) is 6.92 Å². The molecule has 0 aliphatic heterocycles. The first-order valence-corrected chi connectivity index (χ1v) is 5.49. The van der Waals surface area contributed by atoms with Crippen molar-refractivity contribution in [2.24, 2.45) is 5.92 Å². The molecule has 1 unspecified atom stereocenters. The minimum absolute atomic E-state index is 0.303. The topological polar surface area (TPSA) is 46.5 Å². The maximum atomic E-state index is 13.2. The number of aliphatic carboxylic acids is 1. The van der Waals surface area contributed by atoms with Crippen molar-refractivity contribution in [3.05, 3.63) is 28.0 Å². The zero-order valence-electron chi connectivity index (χ0n) is 8.96. The van der Waals surface area contributed by atoms with Gasteiger partial charge in [-0.2, -0.15) is 0 Å². The average molecular weight is 291 g/mol. The van der Waals surface area contributed by atoms with Crippen LogP contribution in [0.25, 0.3) is 0 Å². The second-order valence-electron chi connectivity index (χ2n) is 3.52. The zero-order chi connectivity index (χ0) is 12.3. The Hall–Kier alpha value is -1.10. The molecule has 0 aliphatic rings. The quantitative estimate of drug-likeness (QED) is 0.927. The highest BCUT2D eigenvalue weighted by atomic mass is 79.9. The van der Waals surface area contributed by atoms with Crippen molar-refractivity contribution in [3.8, 4) is 5.75 Å². The van der Waals surface area contributed by atoms with Crippen LogP contribution in [0, 0.1) is 11.7 Å². The Labute approximate surface area is 101 Å². The van der Waals surface area contributed by atoms with Gasteiger partial charge < -0.3 is 9.84 Å². The number of halogens is 2. The number of hydrogen-bond acceptors (Lipinski definition) is 2. The number of rotatable bonds is 4. The number of carboxylic acids is 1. The summed E-state index contributed by atoms with van der Waals surface area (Å²) in [4.78, 5) is 10.7. The summed E-state index contributed by atoms with van der Waals surface area (Å²) >= 11 is 3.06. The molecule has 0 spiro atoms. The van der Waals surface area contributed by atoms with Crippen LogP contribution in [0.5, 0.6) is 5.75 Å². The standard InChI is InChI=1S/C11H12BrFO3/c1-6(11(14)15)3-7-4-8(12)9(13)5-10(7)16-2/h4-6H,3H2,1-2H3,(H,14,15). The van der Waals surface area contributed by atoms with Crippen LogP contribution >= 0.6 is 15.9 Å². The van der Waals surface area contributed by atoms with Gasteiger partial charge in [0.2, 0.25) is 0 Å². The Balaban J connectivity index is 3.03. The van der Waals surface area contributed by atoms with Crippen LogP contribution in [0.4, 0.5) is 4.39 Å². The summed E-state index contributed by atoms with van der Waals surface area (Å²) in [5, 5.41) is 8.80. The third kappa shape index (κ3) is 2.95. The van der Waals surface area contributed by atoms with Gasteiger partial charge in [0.05, 0.1) is 17.5 Å². The first kappa shape index (κ1) is 13.0. The molecule has 1 N–H and O–H groups in total. The van der Waals surface area contributed by atoms with E-state index in [2.05, 4.69) is 15.9 Å². The molecular formula is C11H12BrFO3. The molecule has 16 heavy (non-hydrogen) atoms. The maximum absolute atomic E-state index is 13.2. The second-order valence-corrected chi connectivity index (χ2v) is 4.38. The molecule has 0 saturated heterocycles. The minimum Gasteiger partial charge on any atom is -0.496 e. The van der Waals surface area contributed by atoms with Crippen LogP contribution in [0.3, 0.4) is 0 Å². The molecule has 1 rings (SSSR count). The maximum Gasteiger partial charge on any atom is 0.306 e. The first-order valence-electron chi connectivity index (χ1n) is 4.70. The highest BCUT2D eigenvalue weighted by Crippen LogP contribution is 2.28. The molecule has 5 heteroatoms. The lowest BCUT2D eigenvalue weighted by atomic mass is 10.0. The molecule has 0 aromatic heterocycles. The molecule has 1 aromatic rings. The van der Waals surface area contributed by atoms with Gasteiger partial charge in [-0.15, -0.1) is 0 Å². The smallest absolute Gasteiger partial charge is 0.306 e. The van der Waals surface area contributed by atoms with E-state index in [0.29, 0.717) is 22.2 Å². The third-order valence-electron chi connectivity index (χ3n) is 2.27. The van der Waals surface area contributed by atoms with E-state index in [1.807, 2.05) is 0 Å². The van der Waals surface area contributed by atoms with Crippen LogP contribution in [-0.4, -0.2) is 18.2 Å². The van der Waals surface area contributed by atoms with Crippen LogP contribution in [0.15, 0.2) is 16.6 Å². The van der Waals surface area contributed by atoms with Gasteiger partial charge in [-0.3, -0.25) is 4.79 Å². The van der Waals surface area contributed by atoms with E-state index in [1.54, 1.807) is 13.0 Å². The van der Waals surface area contributed by atoms with E-state index in [-0.39, 0.29) is 0 Å². The fourth-order valence-corrected chi connectivity index (χ4v) is 1.73. The van der Waals surface area contributed by atoms with Gasteiger partial charge in [0.1, 0.15) is 11.6 Å². The van der Waals surface area contributed by atoms with E-state index in [0.717, 1.165) is 0 Å². The minimum atomic E-state index is -0.887. The Kier molecular flexibility index (Phi) is 4.29. The number of carboxylic acid groups (broad SMARTS) is 1. The number of benzene rings is 1. The number of hydrogen-bond donors (Lipinski definition) is 1. The van der Waals surface area contributed by atoms with E-state index in [4.69, 9.17) is 9.84 Å². The molecule has 3 nitrogen and oxygen atoms in total. The molecule has 0 amide bonds. The molecule has 0 heterocycles. The van der Waals surface area contributed by atoms with E-state index < -0.39 is 17.7 Å². The molecule has 1 aromatic carbocycles. The highest BCUT2D eigenvalue weighted by molar-refractivity contribution is 9.10. The zero-order valence-corrected chi connectivity index (χ0v) is 10.5. The predicted octanol–water partition coefficient (Wildman–Crippen LogP) is 2.86. The van der Waals surface area contributed by atoms with Crippen molar-refractivity contribution in [1.29, 1.82) is 0 Å². The molecule has 0 radical (unpaired) electrons. The van der Waals surface area contributed by atoms with Crippen molar-refractivity contribution >= 4 is 21.9 Å². The van der Waals surface area contributed by atoms with Crippen molar-refractivity contribution in [2.75, 3.05) is 7.11 Å². The van der Waals surface area contributed by atoms with Crippen molar-refractivity contribution in [2.45, 2.75) is 13.3 Å². The van der Waals surface area contributed by atoms with Gasteiger partial charge in [0, 0.05) is 6.07 Å². The lowest BCUT2D eigenvalue weighted by molar-refractivity contribution is -0.141. The Morgan fingerprint density at radius 2 is 2.25 bits per heavy atom. The van der Waals surface area contributed by atoms with Gasteiger partial charge in [0.15, 0.2) is 0 Å².